The van der Waals surface area contributed by atoms with E-state index < -0.39 is 22.9 Å². The van der Waals surface area contributed by atoms with Crippen LogP contribution in [-0.4, -0.2) is 23.0 Å². The standard InChI is InChI=1S/C34H31BrFN3O3S/c1-21(2)24-14-12-23(13-15-24)18-31(39-33(41)25-8-5-4-6-9-25)34(42)37-27-10-7-11-28(20-27)43-22(3)32(40)38-30-17-16-26(35)19-29(30)36/h4-22H,1-3H3,(H,37,42)(H,38,40)(H,39,41)/b31-18+. The summed E-state index contributed by atoms with van der Waals surface area (Å²) >= 11 is 4.47. The van der Waals surface area contributed by atoms with E-state index in [1.54, 1.807) is 61.5 Å². The zero-order valence-electron chi connectivity index (χ0n) is 23.9. The van der Waals surface area contributed by atoms with Crippen molar-refractivity contribution in [2.24, 2.45) is 0 Å². The van der Waals surface area contributed by atoms with Crippen molar-refractivity contribution < 1.29 is 18.8 Å². The quantitative estimate of drug-likeness (QED) is 0.118. The summed E-state index contributed by atoms with van der Waals surface area (Å²) in [6, 6.07) is 27.9. The molecule has 4 aromatic carbocycles. The highest BCUT2D eigenvalue weighted by Gasteiger charge is 2.18. The Balaban J connectivity index is 1.49. The molecule has 43 heavy (non-hydrogen) atoms. The number of halogens is 2. The Morgan fingerprint density at radius 2 is 1.56 bits per heavy atom. The smallest absolute Gasteiger partial charge is 0.272 e. The lowest BCUT2D eigenvalue weighted by Crippen LogP contribution is -2.30. The van der Waals surface area contributed by atoms with Gasteiger partial charge >= 0.3 is 0 Å². The zero-order chi connectivity index (χ0) is 30.9. The Kier molecular flexibility index (Phi) is 10.9. The average molecular weight is 661 g/mol. The number of nitrogens with one attached hydrogen (secondary N) is 3. The number of carbonyl (C=O) groups is 3. The first-order valence-electron chi connectivity index (χ1n) is 13.6. The predicted octanol–water partition coefficient (Wildman–Crippen LogP) is 8.24. The first kappa shape index (κ1) is 31.7. The number of thioether (sulfide) groups is 1. The molecule has 4 rings (SSSR count). The number of anilines is 2. The highest BCUT2D eigenvalue weighted by atomic mass is 79.9. The molecule has 9 heteroatoms. The zero-order valence-corrected chi connectivity index (χ0v) is 26.3. The Labute approximate surface area is 263 Å². The lowest BCUT2D eigenvalue weighted by molar-refractivity contribution is -0.115. The number of amides is 3. The van der Waals surface area contributed by atoms with E-state index in [0.717, 1.165) is 16.0 Å². The maximum atomic E-state index is 14.2. The second-order valence-electron chi connectivity index (χ2n) is 10.1. The molecule has 0 aromatic heterocycles. The molecule has 1 atom stereocenters. The predicted molar refractivity (Wildman–Crippen MR) is 176 cm³/mol. The molecule has 0 saturated carbocycles. The van der Waals surface area contributed by atoms with Crippen LogP contribution < -0.4 is 16.0 Å². The maximum absolute atomic E-state index is 14.2. The monoisotopic (exact) mass is 659 g/mol. The number of rotatable bonds is 10. The molecule has 220 valence electrons. The molecule has 0 heterocycles. The van der Waals surface area contributed by atoms with E-state index >= 15 is 0 Å². The molecule has 0 aliphatic heterocycles. The third-order valence-corrected chi connectivity index (χ3v) is 7.99. The van der Waals surface area contributed by atoms with Crippen molar-refractivity contribution in [3.63, 3.8) is 0 Å². The van der Waals surface area contributed by atoms with Crippen LogP contribution >= 0.6 is 27.7 Å². The molecular formula is C34H31BrFN3O3S. The van der Waals surface area contributed by atoms with Crippen molar-refractivity contribution in [2.75, 3.05) is 10.6 Å². The topological polar surface area (TPSA) is 87.3 Å². The average Bonchev–Trinajstić information content (AvgIpc) is 2.99. The van der Waals surface area contributed by atoms with Gasteiger partial charge in [0.05, 0.1) is 10.9 Å². The summed E-state index contributed by atoms with van der Waals surface area (Å²) in [5, 5.41) is 7.66. The van der Waals surface area contributed by atoms with Gasteiger partial charge in [0.2, 0.25) is 5.91 Å². The molecule has 0 radical (unpaired) electrons. The van der Waals surface area contributed by atoms with E-state index in [-0.39, 0.29) is 17.3 Å². The van der Waals surface area contributed by atoms with Crippen LogP contribution in [0.4, 0.5) is 15.8 Å². The van der Waals surface area contributed by atoms with Crippen LogP contribution in [0, 0.1) is 5.82 Å². The van der Waals surface area contributed by atoms with Gasteiger partial charge in [0.25, 0.3) is 11.8 Å². The van der Waals surface area contributed by atoms with Gasteiger partial charge < -0.3 is 16.0 Å². The molecule has 6 nitrogen and oxygen atoms in total. The van der Waals surface area contributed by atoms with E-state index in [1.165, 1.54) is 23.9 Å². The fourth-order valence-electron chi connectivity index (χ4n) is 4.01. The third kappa shape index (κ3) is 9.14. The van der Waals surface area contributed by atoms with Gasteiger partial charge in [-0.15, -0.1) is 11.8 Å². The summed E-state index contributed by atoms with van der Waals surface area (Å²) in [5.41, 5.74) is 3.00. The van der Waals surface area contributed by atoms with Crippen molar-refractivity contribution in [3.05, 3.63) is 130 Å². The molecular weight excluding hydrogens is 629 g/mol. The van der Waals surface area contributed by atoms with Crippen LogP contribution in [0.5, 0.6) is 0 Å². The number of hydrogen-bond acceptors (Lipinski definition) is 4. The highest BCUT2D eigenvalue weighted by molar-refractivity contribution is 9.10. The first-order valence-corrected chi connectivity index (χ1v) is 15.3. The Morgan fingerprint density at radius 3 is 2.23 bits per heavy atom. The molecule has 3 amide bonds. The lowest BCUT2D eigenvalue weighted by Gasteiger charge is -2.14. The summed E-state index contributed by atoms with van der Waals surface area (Å²) in [6.45, 7) is 5.92. The number of benzene rings is 4. The number of carbonyl (C=O) groups excluding carboxylic acids is 3. The van der Waals surface area contributed by atoms with Crippen molar-refractivity contribution in [3.8, 4) is 0 Å². The maximum Gasteiger partial charge on any atom is 0.272 e. The van der Waals surface area contributed by atoms with Gasteiger partial charge in [-0.05, 0) is 78.6 Å². The minimum absolute atomic E-state index is 0.0773. The molecule has 0 aliphatic rings. The summed E-state index contributed by atoms with van der Waals surface area (Å²) in [7, 11) is 0. The Bertz CT molecular complexity index is 1640. The van der Waals surface area contributed by atoms with E-state index in [1.807, 2.05) is 36.4 Å². The summed E-state index contributed by atoms with van der Waals surface area (Å²) in [5.74, 6) is -1.45. The van der Waals surface area contributed by atoms with Gasteiger partial charge in [0, 0.05) is 20.6 Å². The second kappa shape index (κ2) is 14.8. The van der Waals surface area contributed by atoms with Crippen LogP contribution in [0.2, 0.25) is 0 Å². The van der Waals surface area contributed by atoms with E-state index in [9.17, 15) is 18.8 Å². The molecule has 0 bridgehead atoms. The SMILES string of the molecule is CC(Sc1cccc(NC(=O)/C(=C\c2ccc(C(C)C)cc2)NC(=O)c2ccccc2)c1)C(=O)Nc1ccc(Br)cc1F. The Morgan fingerprint density at radius 1 is 0.837 bits per heavy atom. The van der Waals surface area contributed by atoms with Gasteiger partial charge in [-0.1, -0.05) is 78.3 Å². The van der Waals surface area contributed by atoms with Crippen molar-refractivity contribution in [2.45, 2.75) is 36.8 Å². The van der Waals surface area contributed by atoms with Crippen LogP contribution in [0.15, 0.2) is 112 Å². The van der Waals surface area contributed by atoms with E-state index in [4.69, 9.17) is 0 Å². The normalized spacial score (nSPS) is 12.0. The van der Waals surface area contributed by atoms with Crippen LogP contribution in [-0.2, 0) is 9.59 Å². The van der Waals surface area contributed by atoms with Gasteiger partial charge in [-0.2, -0.15) is 0 Å². The first-order chi connectivity index (χ1) is 20.6. The van der Waals surface area contributed by atoms with E-state index in [2.05, 4.69) is 45.7 Å². The minimum Gasteiger partial charge on any atom is -0.323 e. The van der Waals surface area contributed by atoms with Crippen molar-refractivity contribution in [1.29, 1.82) is 0 Å². The molecule has 0 saturated heterocycles. The van der Waals surface area contributed by atoms with Crippen LogP contribution in [0.1, 0.15) is 48.2 Å². The third-order valence-electron chi connectivity index (χ3n) is 6.41. The molecule has 3 N–H and O–H groups in total. The molecule has 0 spiro atoms. The summed E-state index contributed by atoms with van der Waals surface area (Å²) < 4.78 is 14.8. The molecule has 4 aromatic rings. The fourth-order valence-corrected chi connectivity index (χ4v) is 5.27. The van der Waals surface area contributed by atoms with Gasteiger partial charge in [0.15, 0.2) is 0 Å². The number of hydrogen-bond donors (Lipinski definition) is 3. The lowest BCUT2D eigenvalue weighted by atomic mass is 10.0. The molecule has 1 unspecified atom stereocenters. The summed E-state index contributed by atoms with van der Waals surface area (Å²) in [6.07, 6.45) is 1.63. The minimum atomic E-state index is -0.552. The van der Waals surface area contributed by atoms with Gasteiger partial charge in [-0.3, -0.25) is 14.4 Å². The largest absolute Gasteiger partial charge is 0.323 e. The summed E-state index contributed by atoms with van der Waals surface area (Å²) in [4.78, 5) is 39.9. The Hall–Kier alpha value is -4.21. The van der Waals surface area contributed by atoms with Gasteiger partial charge in [0.1, 0.15) is 11.5 Å². The molecule has 0 fully saturated rings. The van der Waals surface area contributed by atoms with Crippen LogP contribution in [0.25, 0.3) is 6.08 Å². The van der Waals surface area contributed by atoms with Crippen molar-refractivity contribution in [1.82, 2.24) is 5.32 Å². The van der Waals surface area contributed by atoms with Crippen LogP contribution in [0.3, 0.4) is 0 Å². The second-order valence-corrected chi connectivity index (χ2v) is 12.4. The van der Waals surface area contributed by atoms with E-state index in [0.29, 0.717) is 21.6 Å². The van der Waals surface area contributed by atoms with Gasteiger partial charge in [-0.25, -0.2) is 4.39 Å². The molecule has 0 aliphatic carbocycles. The van der Waals surface area contributed by atoms with Crippen molar-refractivity contribution >= 4 is 62.9 Å². The highest BCUT2D eigenvalue weighted by Crippen LogP contribution is 2.28. The fraction of sp³-hybridized carbons (Fsp3) is 0.147.